The first-order valence-electron chi connectivity index (χ1n) is 3.82. The van der Waals surface area contributed by atoms with E-state index in [2.05, 4.69) is 9.97 Å². The molecule has 0 aromatic carbocycles. The van der Waals surface area contributed by atoms with Gasteiger partial charge in [-0.1, -0.05) is 6.92 Å². The molecule has 0 fully saturated rings. The highest BCUT2D eigenvalue weighted by Gasteiger charge is 2.15. The number of halogens is 1. The molecule has 0 aliphatic rings. The number of aromatic carboxylic acids is 1. The van der Waals surface area contributed by atoms with Crippen LogP contribution in [0.2, 0.25) is 5.28 Å². The number of carboxylic acids is 1. The van der Waals surface area contributed by atoms with Gasteiger partial charge >= 0.3 is 5.97 Å². The van der Waals surface area contributed by atoms with Crippen LogP contribution in [0, 0.1) is 6.92 Å². The molecule has 0 bridgehead atoms. The van der Waals surface area contributed by atoms with E-state index in [0.717, 1.165) is 0 Å². The number of hydrogen-bond donors (Lipinski definition) is 1. The summed E-state index contributed by atoms with van der Waals surface area (Å²) in [6, 6.07) is 0. The van der Waals surface area contributed by atoms with Crippen molar-refractivity contribution >= 4 is 17.6 Å². The van der Waals surface area contributed by atoms with Crippen LogP contribution in [0.3, 0.4) is 0 Å². The third-order valence-electron chi connectivity index (χ3n) is 1.69. The van der Waals surface area contributed by atoms with Crippen molar-refractivity contribution in [3.05, 3.63) is 22.2 Å². The summed E-state index contributed by atoms with van der Waals surface area (Å²) >= 11 is 5.59. The third-order valence-corrected chi connectivity index (χ3v) is 1.86. The minimum Gasteiger partial charge on any atom is -0.478 e. The summed E-state index contributed by atoms with van der Waals surface area (Å²) in [6.45, 7) is 3.43. The lowest BCUT2D eigenvalue weighted by Gasteiger charge is -2.05. The summed E-state index contributed by atoms with van der Waals surface area (Å²) in [5.41, 5.74) is 1.04. The monoisotopic (exact) mass is 200 g/mol. The lowest BCUT2D eigenvalue weighted by Crippen LogP contribution is -2.09. The molecule has 4 nitrogen and oxygen atoms in total. The van der Waals surface area contributed by atoms with Gasteiger partial charge in [-0.05, 0) is 24.9 Å². The number of nitrogens with zero attached hydrogens (tertiary/aromatic N) is 2. The van der Waals surface area contributed by atoms with Crippen LogP contribution in [-0.2, 0) is 6.42 Å². The number of rotatable bonds is 2. The second-order valence-electron chi connectivity index (χ2n) is 2.56. The van der Waals surface area contributed by atoms with Crippen LogP contribution in [0.15, 0.2) is 0 Å². The SMILES string of the molecule is CCc1nc(Cl)nc(C)c1C(=O)O. The van der Waals surface area contributed by atoms with Crippen LogP contribution in [0.1, 0.15) is 28.7 Å². The highest BCUT2D eigenvalue weighted by molar-refractivity contribution is 6.28. The zero-order valence-corrected chi connectivity index (χ0v) is 8.09. The van der Waals surface area contributed by atoms with Gasteiger partial charge in [0.15, 0.2) is 0 Å². The van der Waals surface area contributed by atoms with E-state index in [-0.39, 0.29) is 10.8 Å². The molecule has 0 radical (unpaired) electrons. The Balaban J connectivity index is 3.38. The second-order valence-corrected chi connectivity index (χ2v) is 2.90. The summed E-state index contributed by atoms with van der Waals surface area (Å²) in [7, 11) is 0. The van der Waals surface area contributed by atoms with Gasteiger partial charge in [-0.25, -0.2) is 14.8 Å². The number of aromatic nitrogens is 2. The van der Waals surface area contributed by atoms with E-state index in [9.17, 15) is 4.79 Å². The van der Waals surface area contributed by atoms with Crippen LogP contribution in [-0.4, -0.2) is 21.0 Å². The van der Waals surface area contributed by atoms with Gasteiger partial charge in [-0.3, -0.25) is 0 Å². The molecule has 0 aliphatic heterocycles. The van der Waals surface area contributed by atoms with E-state index in [1.807, 2.05) is 6.92 Å². The molecular weight excluding hydrogens is 192 g/mol. The molecular formula is C8H9ClN2O2. The standard InChI is InChI=1S/C8H9ClN2O2/c1-3-5-6(7(12)13)4(2)10-8(9)11-5/h3H2,1-2H3,(H,12,13). The Labute approximate surface area is 80.6 Å². The zero-order chi connectivity index (χ0) is 10.0. The first kappa shape index (κ1) is 9.92. The van der Waals surface area contributed by atoms with Crippen LogP contribution in [0.5, 0.6) is 0 Å². The smallest absolute Gasteiger partial charge is 0.339 e. The fraction of sp³-hybridized carbons (Fsp3) is 0.375. The van der Waals surface area contributed by atoms with Crippen molar-refractivity contribution in [2.75, 3.05) is 0 Å². The van der Waals surface area contributed by atoms with Gasteiger partial charge in [-0.2, -0.15) is 0 Å². The molecule has 1 rings (SSSR count). The largest absolute Gasteiger partial charge is 0.478 e. The van der Waals surface area contributed by atoms with Gasteiger partial charge in [-0.15, -0.1) is 0 Å². The van der Waals surface area contributed by atoms with Gasteiger partial charge in [0.2, 0.25) is 5.28 Å². The van der Waals surface area contributed by atoms with Gasteiger partial charge in [0.25, 0.3) is 0 Å². The molecule has 0 aliphatic carbocycles. The fourth-order valence-electron chi connectivity index (χ4n) is 1.13. The quantitative estimate of drug-likeness (QED) is 0.739. The molecule has 1 heterocycles. The van der Waals surface area contributed by atoms with Crippen LogP contribution in [0.4, 0.5) is 0 Å². The van der Waals surface area contributed by atoms with Crippen molar-refractivity contribution < 1.29 is 9.90 Å². The van der Waals surface area contributed by atoms with Crippen molar-refractivity contribution in [1.82, 2.24) is 9.97 Å². The van der Waals surface area contributed by atoms with E-state index in [1.54, 1.807) is 6.92 Å². The molecule has 0 spiro atoms. The summed E-state index contributed by atoms with van der Waals surface area (Å²) in [5.74, 6) is -1.01. The normalized spacial score (nSPS) is 10.1. The van der Waals surface area contributed by atoms with Crippen molar-refractivity contribution in [3.63, 3.8) is 0 Å². The number of carbonyl (C=O) groups is 1. The molecule has 70 valence electrons. The first-order valence-corrected chi connectivity index (χ1v) is 4.20. The molecule has 0 saturated heterocycles. The van der Waals surface area contributed by atoms with Crippen molar-refractivity contribution in [2.45, 2.75) is 20.3 Å². The van der Waals surface area contributed by atoms with E-state index in [0.29, 0.717) is 17.8 Å². The Hall–Kier alpha value is -1.16. The zero-order valence-electron chi connectivity index (χ0n) is 7.33. The molecule has 1 aromatic rings. The molecule has 5 heteroatoms. The lowest BCUT2D eigenvalue weighted by molar-refractivity contribution is 0.0694. The van der Waals surface area contributed by atoms with Crippen molar-refractivity contribution in [1.29, 1.82) is 0 Å². The molecule has 13 heavy (non-hydrogen) atoms. The maximum atomic E-state index is 10.8. The Morgan fingerprint density at radius 2 is 2.15 bits per heavy atom. The number of aryl methyl sites for hydroxylation is 2. The second kappa shape index (κ2) is 3.70. The molecule has 1 N–H and O–H groups in total. The maximum Gasteiger partial charge on any atom is 0.339 e. The Bertz CT molecular complexity index is 352. The van der Waals surface area contributed by atoms with Crippen LogP contribution < -0.4 is 0 Å². The highest BCUT2D eigenvalue weighted by Crippen LogP contribution is 2.13. The van der Waals surface area contributed by atoms with Gasteiger partial charge in [0.05, 0.1) is 11.4 Å². The predicted molar refractivity (Wildman–Crippen MR) is 48.1 cm³/mol. The molecule has 0 saturated carbocycles. The summed E-state index contributed by atoms with van der Waals surface area (Å²) in [5, 5.41) is 8.94. The Morgan fingerprint density at radius 3 is 2.62 bits per heavy atom. The van der Waals surface area contributed by atoms with Crippen molar-refractivity contribution in [3.8, 4) is 0 Å². The highest BCUT2D eigenvalue weighted by atomic mass is 35.5. The van der Waals surface area contributed by atoms with Crippen molar-refractivity contribution in [2.24, 2.45) is 0 Å². The Morgan fingerprint density at radius 1 is 1.54 bits per heavy atom. The molecule has 0 unspecified atom stereocenters. The minimum atomic E-state index is -1.01. The van der Waals surface area contributed by atoms with Crippen LogP contribution >= 0.6 is 11.6 Å². The summed E-state index contributed by atoms with van der Waals surface area (Å²) < 4.78 is 0. The summed E-state index contributed by atoms with van der Waals surface area (Å²) in [4.78, 5) is 18.4. The lowest BCUT2D eigenvalue weighted by atomic mass is 10.1. The Kier molecular flexibility index (Phi) is 2.83. The van der Waals surface area contributed by atoms with E-state index >= 15 is 0 Å². The van der Waals surface area contributed by atoms with E-state index in [4.69, 9.17) is 16.7 Å². The average Bonchev–Trinajstić information content (AvgIpc) is 2.01. The number of hydrogen-bond acceptors (Lipinski definition) is 3. The van der Waals surface area contributed by atoms with Crippen LogP contribution in [0.25, 0.3) is 0 Å². The van der Waals surface area contributed by atoms with E-state index in [1.165, 1.54) is 0 Å². The van der Waals surface area contributed by atoms with Gasteiger partial charge in [0.1, 0.15) is 5.56 Å². The average molecular weight is 201 g/mol. The van der Waals surface area contributed by atoms with Gasteiger partial charge in [0, 0.05) is 0 Å². The minimum absolute atomic E-state index is 0.0966. The third kappa shape index (κ3) is 1.95. The fourth-order valence-corrected chi connectivity index (χ4v) is 1.36. The van der Waals surface area contributed by atoms with Gasteiger partial charge < -0.3 is 5.11 Å². The molecule has 1 aromatic heterocycles. The molecule has 0 atom stereocenters. The number of carboxylic acid groups (broad SMARTS) is 1. The van der Waals surface area contributed by atoms with E-state index < -0.39 is 5.97 Å². The first-order chi connectivity index (χ1) is 6.06. The maximum absolute atomic E-state index is 10.8. The summed E-state index contributed by atoms with van der Waals surface area (Å²) in [6.07, 6.45) is 0.532. The topological polar surface area (TPSA) is 63.1 Å². The molecule has 0 amide bonds. The predicted octanol–water partition coefficient (Wildman–Crippen LogP) is 1.70.